The van der Waals surface area contributed by atoms with E-state index in [-0.39, 0.29) is 11.1 Å². The minimum absolute atomic E-state index is 0.0917. The molecular weight excluding hydrogens is 198 g/mol. The lowest BCUT2D eigenvalue weighted by molar-refractivity contribution is -0.150. The quantitative estimate of drug-likeness (QED) is 0.711. The van der Waals surface area contributed by atoms with E-state index in [9.17, 15) is 9.59 Å². The fraction of sp³-hybridized carbons (Fsp3) is 0.100. The van der Waals surface area contributed by atoms with Crippen LogP contribution >= 0.6 is 0 Å². The highest BCUT2D eigenvalue weighted by Crippen LogP contribution is 2.17. The summed E-state index contributed by atoms with van der Waals surface area (Å²) in [5.41, 5.74) is 0.328. The number of nitrogens with zero attached hydrogens (tertiary/aromatic N) is 1. The van der Waals surface area contributed by atoms with Gasteiger partial charge in [-0.15, -0.1) is 0 Å². The number of carbonyl (C=O) groups is 2. The first-order chi connectivity index (χ1) is 7.06. The molecule has 15 heavy (non-hydrogen) atoms. The number of benzene rings is 1. The maximum atomic E-state index is 10.7. The molecule has 0 unspecified atom stereocenters. The van der Waals surface area contributed by atoms with Crippen LogP contribution in [0.25, 0.3) is 0 Å². The topological polar surface area (TPSA) is 98.4 Å². The van der Waals surface area contributed by atoms with E-state index in [2.05, 4.69) is 0 Å². The summed E-state index contributed by atoms with van der Waals surface area (Å²) in [7, 11) is 0. The first-order valence-corrected chi connectivity index (χ1v) is 4.02. The number of hydrogen-bond acceptors (Lipinski definition) is 3. The Bertz CT molecular complexity index is 433. The fourth-order valence-corrected chi connectivity index (χ4v) is 1.18. The summed E-state index contributed by atoms with van der Waals surface area (Å²) in [5, 5.41) is 26.0. The van der Waals surface area contributed by atoms with Crippen LogP contribution < -0.4 is 0 Å². The van der Waals surface area contributed by atoms with Crippen LogP contribution in [0.2, 0.25) is 0 Å². The summed E-state index contributed by atoms with van der Waals surface area (Å²) in [6, 6.07) is 7.37. The second-order valence-corrected chi connectivity index (χ2v) is 2.85. The Morgan fingerprint density at radius 1 is 1.27 bits per heavy atom. The summed E-state index contributed by atoms with van der Waals surface area (Å²) < 4.78 is 0. The summed E-state index contributed by atoms with van der Waals surface area (Å²) >= 11 is 0. The molecule has 5 heteroatoms. The SMILES string of the molecule is N#Cc1cccc(C(C(=O)O)C(=O)O)c1. The van der Waals surface area contributed by atoms with Crippen LogP contribution in [0.1, 0.15) is 17.0 Å². The molecule has 0 radical (unpaired) electrons. The average molecular weight is 205 g/mol. The van der Waals surface area contributed by atoms with E-state index < -0.39 is 17.9 Å². The summed E-state index contributed by atoms with van der Waals surface area (Å²) in [5.74, 6) is -4.52. The van der Waals surface area contributed by atoms with Crippen LogP contribution in [0.5, 0.6) is 0 Å². The molecule has 0 spiro atoms. The lowest BCUT2D eigenvalue weighted by Gasteiger charge is -2.07. The molecule has 1 rings (SSSR count). The first-order valence-electron chi connectivity index (χ1n) is 4.02. The number of aliphatic carboxylic acids is 2. The van der Waals surface area contributed by atoms with Crippen molar-refractivity contribution in [2.45, 2.75) is 5.92 Å². The highest BCUT2D eigenvalue weighted by Gasteiger charge is 2.27. The smallest absolute Gasteiger partial charge is 0.322 e. The van der Waals surface area contributed by atoms with Crippen molar-refractivity contribution in [1.29, 1.82) is 5.26 Å². The highest BCUT2D eigenvalue weighted by atomic mass is 16.4. The number of nitriles is 1. The molecule has 0 aliphatic carbocycles. The second kappa shape index (κ2) is 4.24. The Labute approximate surface area is 85.2 Å². The number of carboxylic acids is 2. The molecule has 0 saturated carbocycles. The zero-order valence-corrected chi connectivity index (χ0v) is 7.54. The molecule has 0 bridgehead atoms. The molecule has 76 valence electrons. The molecule has 0 aliphatic rings. The van der Waals surface area contributed by atoms with E-state index in [0.29, 0.717) is 0 Å². The maximum absolute atomic E-state index is 10.7. The van der Waals surface area contributed by atoms with Crippen molar-refractivity contribution < 1.29 is 19.8 Å². The third-order valence-electron chi connectivity index (χ3n) is 1.84. The summed E-state index contributed by atoms with van der Waals surface area (Å²) in [6.45, 7) is 0. The minimum Gasteiger partial charge on any atom is -0.480 e. The van der Waals surface area contributed by atoms with E-state index in [1.54, 1.807) is 0 Å². The molecule has 1 aromatic carbocycles. The van der Waals surface area contributed by atoms with Crippen molar-refractivity contribution >= 4 is 11.9 Å². The Kier molecular flexibility index (Phi) is 3.03. The zero-order valence-electron chi connectivity index (χ0n) is 7.54. The second-order valence-electron chi connectivity index (χ2n) is 2.85. The Hall–Kier alpha value is -2.35. The first kappa shape index (κ1) is 10.7. The van der Waals surface area contributed by atoms with Gasteiger partial charge >= 0.3 is 11.9 Å². The monoisotopic (exact) mass is 205 g/mol. The molecule has 0 amide bonds. The van der Waals surface area contributed by atoms with Gasteiger partial charge in [-0.3, -0.25) is 9.59 Å². The van der Waals surface area contributed by atoms with Crippen molar-refractivity contribution in [3.8, 4) is 6.07 Å². The summed E-state index contributed by atoms with van der Waals surface area (Å²) in [6.07, 6.45) is 0. The van der Waals surface area contributed by atoms with Gasteiger partial charge in [-0.05, 0) is 17.7 Å². The molecular formula is C10H7NO4. The van der Waals surface area contributed by atoms with E-state index >= 15 is 0 Å². The van der Waals surface area contributed by atoms with Crippen LogP contribution in [0.4, 0.5) is 0 Å². The van der Waals surface area contributed by atoms with Crippen molar-refractivity contribution in [3.05, 3.63) is 35.4 Å². The molecule has 0 fully saturated rings. The lowest BCUT2D eigenvalue weighted by atomic mass is 9.98. The third-order valence-corrected chi connectivity index (χ3v) is 1.84. The molecule has 2 N–H and O–H groups in total. The predicted molar refractivity (Wildman–Crippen MR) is 49.2 cm³/mol. The van der Waals surface area contributed by atoms with Gasteiger partial charge in [-0.25, -0.2) is 0 Å². The fourth-order valence-electron chi connectivity index (χ4n) is 1.18. The van der Waals surface area contributed by atoms with Gasteiger partial charge in [0.05, 0.1) is 11.6 Å². The van der Waals surface area contributed by atoms with Gasteiger partial charge in [0.2, 0.25) is 0 Å². The van der Waals surface area contributed by atoms with E-state index in [1.165, 1.54) is 24.3 Å². The van der Waals surface area contributed by atoms with Crippen LogP contribution in [0, 0.1) is 11.3 Å². The number of hydrogen-bond donors (Lipinski definition) is 2. The normalized spacial score (nSPS) is 9.60. The van der Waals surface area contributed by atoms with Crippen molar-refractivity contribution in [2.75, 3.05) is 0 Å². The van der Waals surface area contributed by atoms with Gasteiger partial charge in [0.1, 0.15) is 0 Å². The van der Waals surface area contributed by atoms with Crippen molar-refractivity contribution in [2.24, 2.45) is 0 Å². The van der Waals surface area contributed by atoms with Gasteiger partial charge in [0, 0.05) is 0 Å². The van der Waals surface area contributed by atoms with E-state index in [1.807, 2.05) is 6.07 Å². The van der Waals surface area contributed by atoms with Crippen LogP contribution in [-0.2, 0) is 9.59 Å². The molecule has 5 nitrogen and oxygen atoms in total. The Morgan fingerprint density at radius 3 is 2.33 bits per heavy atom. The van der Waals surface area contributed by atoms with Gasteiger partial charge in [-0.1, -0.05) is 12.1 Å². The van der Waals surface area contributed by atoms with Crippen molar-refractivity contribution in [3.63, 3.8) is 0 Å². The Morgan fingerprint density at radius 2 is 1.87 bits per heavy atom. The maximum Gasteiger partial charge on any atom is 0.322 e. The van der Waals surface area contributed by atoms with Crippen molar-refractivity contribution in [1.82, 2.24) is 0 Å². The Balaban J connectivity index is 3.18. The molecule has 0 heterocycles. The predicted octanol–water partition coefficient (Wildman–Crippen LogP) is 0.811. The highest BCUT2D eigenvalue weighted by molar-refractivity contribution is 5.99. The van der Waals surface area contributed by atoms with Gasteiger partial charge in [-0.2, -0.15) is 5.26 Å². The van der Waals surface area contributed by atoms with Crippen LogP contribution in [0.15, 0.2) is 24.3 Å². The van der Waals surface area contributed by atoms with Crippen LogP contribution in [-0.4, -0.2) is 22.2 Å². The van der Waals surface area contributed by atoms with Crippen LogP contribution in [0.3, 0.4) is 0 Å². The lowest BCUT2D eigenvalue weighted by Crippen LogP contribution is -2.21. The standard InChI is InChI=1S/C10H7NO4/c11-5-6-2-1-3-7(4-6)8(9(12)13)10(14)15/h1-4,8H,(H,12,13)(H,14,15). The summed E-state index contributed by atoms with van der Waals surface area (Å²) in [4.78, 5) is 21.4. The molecule has 0 saturated heterocycles. The zero-order chi connectivity index (χ0) is 11.4. The molecule has 1 aromatic rings. The molecule has 0 aliphatic heterocycles. The van der Waals surface area contributed by atoms with E-state index in [0.717, 1.165) is 0 Å². The van der Waals surface area contributed by atoms with Gasteiger partial charge in [0.15, 0.2) is 5.92 Å². The molecule has 0 atom stereocenters. The number of carboxylic acid groups (broad SMARTS) is 2. The van der Waals surface area contributed by atoms with E-state index in [4.69, 9.17) is 15.5 Å². The molecule has 0 aromatic heterocycles. The average Bonchev–Trinajstić information content (AvgIpc) is 2.17. The minimum atomic E-state index is -1.63. The number of rotatable bonds is 3. The largest absolute Gasteiger partial charge is 0.480 e. The van der Waals surface area contributed by atoms with Gasteiger partial charge < -0.3 is 10.2 Å². The third kappa shape index (κ3) is 2.31. The van der Waals surface area contributed by atoms with Gasteiger partial charge in [0.25, 0.3) is 0 Å².